The van der Waals surface area contributed by atoms with Crippen LogP contribution in [0.2, 0.25) is 0 Å². The number of hydrogen-bond donors (Lipinski definition) is 1. The maximum absolute atomic E-state index is 12.2. The molecule has 0 spiro atoms. The number of esters is 2. The van der Waals surface area contributed by atoms with E-state index in [9.17, 15) is 18.0 Å². The van der Waals surface area contributed by atoms with Gasteiger partial charge in [0.1, 0.15) is 18.5 Å². The van der Waals surface area contributed by atoms with Crippen LogP contribution in [0, 0.1) is 11.8 Å². The standard InChI is InChI=1S/C24H39NO7S/c1-16(2)11-22(26)30-15-19-13-18(9-10-20(19)31-23(27)12-17(3)4)21(32-33(8,28)29)14-25-24(5,6)7/h9-10,13,16-17,21,25H,11-12,14-15H2,1-8H3. The fourth-order valence-electron chi connectivity index (χ4n) is 2.88. The molecule has 0 aliphatic rings. The summed E-state index contributed by atoms with van der Waals surface area (Å²) in [6.07, 6.45) is 0.680. The molecule has 0 amide bonds. The average Bonchev–Trinajstić information content (AvgIpc) is 2.61. The Hall–Kier alpha value is -1.97. The van der Waals surface area contributed by atoms with Gasteiger partial charge in [-0.05, 0) is 50.3 Å². The molecule has 0 aliphatic heterocycles. The van der Waals surface area contributed by atoms with Crippen LogP contribution in [-0.2, 0) is 35.2 Å². The number of benzene rings is 1. The number of nitrogens with one attached hydrogen (secondary N) is 1. The van der Waals surface area contributed by atoms with Gasteiger partial charge in [0, 0.05) is 30.5 Å². The second kappa shape index (κ2) is 12.5. The number of hydrogen-bond acceptors (Lipinski definition) is 8. The van der Waals surface area contributed by atoms with Crippen molar-refractivity contribution in [2.45, 2.75) is 79.6 Å². The van der Waals surface area contributed by atoms with Gasteiger partial charge in [-0.25, -0.2) is 0 Å². The molecule has 33 heavy (non-hydrogen) atoms. The van der Waals surface area contributed by atoms with Gasteiger partial charge in [0.15, 0.2) is 0 Å². The first-order valence-electron chi connectivity index (χ1n) is 11.2. The summed E-state index contributed by atoms with van der Waals surface area (Å²) in [7, 11) is -3.74. The lowest BCUT2D eigenvalue weighted by Gasteiger charge is -2.25. The van der Waals surface area contributed by atoms with E-state index in [1.165, 1.54) is 0 Å². The van der Waals surface area contributed by atoms with E-state index in [0.717, 1.165) is 6.26 Å². The number of rotatable bonds is 12. The molecule has 1 rings (SSSR count). The van der Waals surface area contributed by atoms with E-state index in [4.69, 9.17) is 13.7 Å². The highest BCUT2D eigenvalue weighted by Crippen LogP contribution is 2.28. The van der Waals surface area contributed by atoms with Gasteiger partial charge in [-0.2, -0.15) is 8.42 Å². The Morgan fingerprint density at radius 3 is 2.09 bits per heavy atom. The zero-order valence-corrected chi connectivity index (χ0v) is 21.9. The summed E-state index contributed by atoms with van der Waals surface area (Å²) in [5.74, 6) is -0.231. The van der Waals surface area contributed by atoms with E-state index < -0.39 is 22.2 Å². The number of ether oxygens (including phenoxy) is 2. The minimum absolute atomic E-state index is 0.109. The zero-order chi connectivity index (χ0) is 25.4. The van der Waals surface area contributed by atoms with Crippen molar-refractivity contribution in [1.29, 1.82) is 0 Å². The van der Waals surface area contributed by atoms with Crippen molar-refractivity contribution in [1.82, 2.24) is 5.32 Å². The van der Waals surface area contributed by atoms with Gasteiger partial charge in [-0.3, -0.25) is 13.8 Å². The summed E-state index contributed by atoms with van der Waals surface area (Å²) in [5.41, 5.74) is 0.746. The fourth-order valence-corrected chi connectivity index (χ4v) is 3.48. The summed E-state index contributed by atoms with van der Waals surface area (Å²) in [6, 6.07) is 4.88. The van der Waals surface area contributed by atoms with Gasteiger partial charge in [0.25, 0.3) is 10.1 Å². The largest absolute Gasteiger partial charge is 0.461 e. The summed E-state index contributed by atoms with van der Waals surface area (Å²) in [5, 5.41) is 3.24. The van der Waals surface area contributed by atoms with Crippen molar-refractivity contribution >= 4 is 22.1 Å². The monoisotopic (exact) mass is 485 g/mol. The molecular formula is C24H39NO7S. The molecule has 1 aromatic carbocycles. The van der Waals surface area contributed by atoms with E-state index in [1.54, 1.807) is 18.2 Å². The van der Waals surface area contributed by atoms with Crippen LogP contribution in [0.25, 0.3) is 0 Å². The van der Waals surface area contributed by atoms with Crippen LogP contribution in [-0.4, -0.2) is 38.7 Å². The molecule has 0 bridgehead atoms. The first-order chi connectivity index (χ1) is 15.1. The van der Waals surface area contributed by atoms with Crippen molar-refractivity contribution in [3.8, 4) is 5.75 Å². The van der Waals surface area contributed by atoms with Gasteiger partial charge in [-0.15, -0.1) is 0 Å². The molecule has 8 nitrogen and oxygen atoms in total. The first kappa shape index (κ1) is 29.1. The summed E-state index contributed by atoms with van der Waals surface area (Å²) >= 11 is 0. The average molecular weight is 486 g/mol. The second-order valence-electron chi connectivity index (χ2n) is 10.1. The Morgan fingerprint density at radius 1 is 1.00 bits per heavy atom. The van der Waals surface area contributed by atoms with Crippen molar-refractivity contribution in [3.63, 3.8) is 0 Å². The number of carbonyl (C=O) groups is 2. The minimum Gasteiger partial charge on any atom is -0.461 e. The van der Waals surface area contributed by atoms with E-state index in [0.29, 0.717) is 11.1 Å². The molecule has 0 radical (unpaired) electrons. The van der Waals surface area contributed by atoms with Crippen LogP contribution < -0.4 is 10.1 Å². The molecule has 1 aromatic rings. The lowest BCUT2D eigenvalue weighted by atomic mass is 10.0. The fraction of sp³-hybridized carbons (Fsp3) is 0.667. The van der Waals surface area contributed by atoms with Crippen molar-refractivity contribution in [2.75, 3.05) is 12.8 Å². The normalized spacial score (nSPS) is 13.3. The quantitative estimate of drug-likeness (QED) is 0.267. The van der Waals surface area contributed by atoms with E-state index in [2.05, 4.69) is 5.32 Å². The predicted molar refractivity (Wildman–Crippen MR) is 127 cm³/mol. The maximum atomic E-state index is 12.2. The van der Waals surface area contributed by atoms with Gasteiger partial charge in [-0.1, -0.05) is 33.8 Å². The summed E-state index contributed by atoms with van der Waals surface area (Å²) < 4.78 is 40.0. The summed E-state index contributed by atoms with van der Waals surface area (Å²) in [6.45, 7) is 13.6. The van der Waals surface area contributed by atoms with Gasteiger partial charge >= 0.3 is 11.9 Å². The van der Waals surface area contributed by atoms with Crippen LogP contribution in [0.3, 0.4) is 0 Å². The molecule has 0 aliphatic carbocycles. The van der Waals surface area contributed by atoms with Crippen LogP contribution >= 0.6 is 0 Å². The molecule has 1 atom stereocenters. The highest BCUT2D eigenvalue weighted by atomic mass is 32.2. The Bertz CT molecular complexity index is 902. The molecule has 0 saturated carbocycles. The highest BCUT2D eigenvalue weighted by Gasteiger charge is 2.23. The molecule has 0 saturated heterocycles. The Kier molecular flexibility index (Phi) is 11.0. The molecule has 0 heterocycles. The lowest BCUT2D eigenvalue weighted by molar-refractivity contribution is -0.145. The smallest absolute Gasteiger partial charge is 0.311 e. The first-order valence-corrected chi connectivity index (χ1v) is 13.0. The Labute approximate surface area is 198 Å². The maximum Gasteiger partial charge on any atom is 0.311 e. The van der Waals surface area contributed by atoms with Gasteiger partial charge in [0.05, 0.1) is 6.26 Å². The van der Waals surface area contributed by atoms with Crippen LogP contribution in [0.1, 0.15) is 78.5 Å². The van der Waals surface area contributed by atoms with Crippen LogP contribution in [0.15, 0.2) is 18.2 Å². The molecule has 0 fully saturated rings. The molecule has 1 N–H and O–H groups in total. The third-order valence-electron chi connectivity index (χ3n) is 4.33. The van der Waals surface area contributed by atoms with Crippen molar-refractivity contribution < 1.29 is 31.7 Å². The Balaban J connectivity index is 3.26. The summed E-state index contributed by atoms with van der Waals surface area (Å²) in [4.78, 5) is 24.3. The molecular weight excluding hydrogens is 446 g/mol. The van der Waals surface area contributed by atoms with Crippen molar-refractivity contribution in [3.05, 3.63) is 29.3 Å². The van der Waals surface area contributed by atoms with Crippen molar-refractivity contribution in [2.24, 2.45) is 11.8 Å². The third-order valence-corrected chi connectivity index (χ3v) is 4.91. The van der Waals surface area contributed by atoms with Gasteiger partial charge < -0.3 is 14.8 Å². The highest BCUT2D eigenvalue weighted by molar-refractivity contribution is 7.86. The topological polar surface area (TPSA) is 108 Å². The van der Waals surface area contributed by atoms with Crippen LogP contribution in [0.4, 0.5) is 0 Å². The second-order valence-corrected chi connectivity index (χ2v) is 11.7. The van der Waals surface area contributed by atoms with Gasteiger partial charge in [0.2, 0.25) is 0 Å². The minimum atomic E-state index is -3.74. The molecule has 1 unspecified atom stereocenters. The van der Waals surface area contributed by atoms with E-state index >= 15 is 0 Å². The third kappa shape index (κ3) is 12.7. The van der Waals surface area contributed by atoms with E-state index in [-0.39, 0.29) is 55.1 Å². The van der Waals surface area contributed by atoms with Crippen LogP contribution in [0.5, 0.6) is 5.75 Å². The molecule has 188 valence electrons. The molecule has 9 heteroatoms. The predicted octanol–water partition coefficient (Wildman–Crippen LogP) is 4.13. The molecule has 0 aromatic heterocycles. The SMILES string of the molecule is CC(C)CC(=O)OCc1cc(C(CNC(C)(C)C)OS(C)(=O)=O)ccc1OC(=O)CC(C)C. The zero-order valence-electron chi connectivity index (χ0n) is 21.1. The number of carbonyl (C=O) groups excluding carboxylic acids is 2. The van der Waals surface area contributed by atoms with E-state index in [1.807, 2.05) is 48.5 Å². The lowest BCUT2D eigenvalue weighted by Crippen LogP contribution is -2.39. The Morgan fingerprint density at radius 2 is 1.58 bits per heavy atom.